The number of anilines is 1. The molecule has 0 atom stereocenters. The van der Waals surface area contributed by atoms with Gasteiger partial charge in [-0.3, -0.25) is 14.6 Å². The number of nitrogens with one attached hydrogen (secondary N) is 3. The SMILES string of the molecule is CNC(=O)c1cc(Oc2cc(C)ccc2NC(=O)C2CCNCC2)ccn1.Cl.Cl. The van der Waals surface area contributed by atoms with E-state index >= 15 is 0 Å². The second-order valence-corrected chi connectivity index (χ2v) is 6.57. The van der Waals surface area contributed by atoms with Crippen molar-refractivity contribution in [2.75, 3.05) is 25.5 Å². The molecule has 1 aliphatic heterocycles. The number of aromatic nitrogens is 1. The first-order valence-corrected chi connectivity index (χ1v) is 9.05. The maximum Gasteiger partial charge on any atom is 0.269 e. The van der Waals surface area contributed by atoms with Gasteiger partial charge in [0.1, 0.15) is 11.4 Å². The van der Waals surface area contributed by atoms with Crippen molar-refractivity contribution in [2.24, 2.45) is 5.92 Å². The molecular weight excluding hydrogens is 415 g/mol. The first-order valence-electron chi connectivity index (χ1n) is 9.05. The van der Waals surface area contributed by atoms with Crippen molar-refractivity contribution < 1.29 is 14.3 Å². The van der Waals surface area contributed by atoms with Crippen molar-refractivity contribution >= 4 is 42.3 Å². The lowest BCUT2D eigenvalue weighted by Gasteiger charge is -2.22. The lowest BCUT2D eigenvalue weighted by atomic mass is 9.97. The van der Waals surface area contributed by atoms with Crippen LogP contribution in [0.3, 0.4) is 0 Å². The van der Waals surface area contributed by atoms with E-state index in [2.05, 4.69) is 20.9 Å². The molecule has 158 valence electrons. The summed E-state index contributed by atoms with van der Waals surface area (Å²) in [6, 6.07) is 8.86. The first kappa shape index (κ1) is 24.7. The summed E-state index contributed by atoms with van der Waals surface area (Å²) in [7, 11) is 1.55. The molecule has 2 heterocycles. The average molecular weight is 441 g/mol. The summed E-state index contributed by atoms with van der Waals surface area (Å²) in [6.45, 7) is 3.66. The van der Waals surface area contributed by atoms with E-state index in [-0.39, 0.29) is 48.2 Å². The van der Waals surface area contributed by atoms with E-state index in [4.69, 9.17) is 4.74 Å². The molecule has 1 aromatic heterocycles. The van der Waals surface area contributed by atoms with Gasteiger partial charge in [-0.05, 0) is 56.6 Å². The van der Waals surface area contributed by atoms with Crippen LogP contribution in [-0.2, 0) is 4.79 Å². The van der Waals surface area contributed by atoms with Crippen molar-refractivity contribution in [2.45, 2.75) is 19.8 Å². The minimum atomic E-state index is -0.288. The number of rotatable bonds is 5. The molecule has 0 bridgehead atoms. The van der Waals surface area contributed by atoms with Gasteiger partial charge in [-0.15, -0.1) is 24.8 Å². The molecule has 0 aliphatic carbocycles. The van der Waals surface area contributed by atoms with E-state index in [1.165, 1.54) is 6.20 Å². The normalized spacial score (nSPS) is 13.4. The Labute approximate surface area is 182 Å². The zero-order chi connectivity index (χ0) is 19.2. The van der Waals surface area contributed by atoms with Gasteiger partial charge in [-0.1, -0.05) is 6.07 Å². The predicted molar refractivity (Wildman–Crippen MR) is 118 cm³/mol. The lowest BCUT2D eigenvalue weighted by Crippen LogP contribution is -2.34. The van der Waals surface area contributed by atoms with E-state index < -0.39 is 0 Å². The quantitative estimate of drug-likeness (QED) is 0.662. The Morgan fingerprint density at radius 2 is 1.86 bits per heavy atom. The van der Waals surface area contributed by atoms with Gasteiger partial charge in [0.05, 0.1) is 5.69 Å². The van der Waals surface area contributed by atoms with Gasteiger partial charge >= 0.3 is 0 Å². The van der Waals surface area contributed by atoms with E-state index in [1.54, 1.807) is 19.2 Å². The molecule has 3 N–H and O–H groups in total. The molecule has 1 aliphatic rings. The summed E-state index contributed by atoms with van der Waals surface area (Å²) in [5.74, 6) is 0.731. The zero-order valence-electron chi connectivity index (χ0n) is 16.4. The van der Waals surface area contributed by atoms with Crippen LogP contribution in [0.15, 0.2) is 36.5 Å². The van der Waals surface area contributed by atoms with Crippen LogP contribution in [0.4, 0.5) is 5.69 Å². The van der Waals surface area contributed by atoms with E-state index in [0.717, 1.165) is 31.5 Å². The van der Waals surface area contributed by atoms with Crippen molar-refractivity contribution in [3.05, 3.63) is 47.8 Å². The fraction of sp³-hybridized carbons (Fsp3) is 0.350. The monoisotopic (exact) mass is 440 g/mol. The second kappa shape index (κ2) is 11.6. The van der Waals surface area contributed by atoms with Crippen LogP contribution in [0.2, 0.25) is 0 Å². The van der Waals surface area contributed by atoms with E-state index in [1.807, 2.05) is 25.1 Å². The fourth-order valence-corrected chi connectivity index (χ4v) is 2.99. The summed E-state index contributed by atoms with van der Waals surface area (Å²) in [6.07, 6.45) is 3.17. The molecule has 2 aromatic rings. The Morgan fingerprint density at radius 3 is 2.55 bits per heavy atom. The molecule has 1 fully saturated rings. The van der Waals surface area contributed by atoms with Gasteiger partial charge in [-0.25, -0.2) is 0 Å². The Kier molecular flexibility index (Phi) is 9.88. The number of ether oxygens (including phenoxy) is 1. The summed E-state index contributed by atoms with van der Waals surface area (Å²) < 4.78 is 5.97. The summed E-state index contributed by atoms with van der Waals surface area (Å²) >= 11 is 0. The Bertz CT molecular complexity index is 842. The second-order valence-electron chi connectivity index (χ2n) is 6.57. The molecule has 0 unspecified atom stereocenters. The fourth-order valence-electron chi connectivity index (χ4n) is 2.99. The number of nitrogens with zero attached hydrogens (tertiary/aromatic N) is 1. The molecule has 7 nitrogen and oxygen atoms in total. The van der Waals surface area contributed by atoms with Crippen LogP contribution in [0.5, 0.6) is 11.5 Å². The highest BCUT2D eigenvalue weighted by Crippen LogP contribution is 2.31. The minimum Gasteiger partial charge on any atom is -0.455 e. The van der Waals surface area contributed by atoms with Crippen LogP contribution in [0.1, 0.15) is 28.9 Å². The topological polar surface area (TPSA) is 92.4 Å². The Hall–Kier alpha value is -2.35. The maximum atomic E-state index is 12.6. The summed E-state index contributed by atoms with van der Waals surface area (Å²) in [5, 5.41) is 8.79. The third-order valence-electron chi connectivity index (χ3n) is 4.52. The summed E-state index contributed by atoms with van der Waals surface area (Å²) in [5.41, 5.74) is 1.89. The minimum absolute atomic E-state index is 0. The van der Waals surface area contributed by atoms with Crippen molar-refractivity contribution in [3.8, 4) is 11.5 Å². The predicted octanol–water partition coefficient (Wildman–Crippen LogP) is 3.32. The van der Waals surface area contributed by atoms with Crippen LogP contribution < -0.4 is 20.7 Å². The van der Waals surface area contributed by atoms with Crippen molar-refractivity contribution in [1.29, 1.82) is 0 Å². The highest BCUT2D eigenvalue weighted by molar-refractivity contribution is 5.94. The highest BCUT2D eigenvalue weighted by Gasteiger charge is 2.22. The Morgan fingerprint density at radius 1 is 1.14 bits per heavy atom. The number of pyridine rings is 1. The van der Waals surface area contributed by atoms with Gasteiger partial charge in [0.2, 0.25) is 5.91 Å². The van der Waals surface area contributed by atoms with Gasteiger partial charge in [-0.2, -0.15) is 0 Å². The molecule has 0 saturated carbocycles. The van der Waals surface area contributed by atoms with E-state index in [0.29, 0.717) is 17.2 Å². The largest absolute Gasteiger partial charge is 0.455 e. The average Bonchev–Trinajstić information content (AvgIpc) is 2.70. The molecule has 9 heteroatoms. The van der Waals surface area contributed by atoms with Gasteiger partial charge in [0, 0.05) is 25.2 Å². The third kappa shape index (κ3) is 6.59. The molecule has 1 aromatic carbocycles. The lowest BCUT2D eigenvalue weighted by molar-refractivity contribution is -0.120. The number of carbonyl (C=O) groups is 2. The highest BCUT2D eigenvalue weighted by atomic mass is 35.5. The first-order chi connectivity index (χ1) is 13.1. The number of hydrogen-bond acceptors (Lipinski definition) is 5. The van der Waals surface area contributed by atoms with Gasteiger partial charge in [0.15, 0.2) is 5.75 Å². The Balaban J connectivity index is 0.00000210. The molecule has 0 spiro atoms. The van der Waals surface area contributed by atoms with Crippen LogP contribution in [-0.4, -0.2) is 36.9 Å². The number of aryl methyl sites for hydroxylation is 1. The molecule has 29 heavy (non-hydrogen) atoms. The summed E-state index contributed by atoms with van der Waals surface area (Å²) in [4.78, 5) is 28.4. The third-order valence-corrected chi connectivity index (χ3v) is 4.52. The number of amides is 2. The molecule has 3 rings (SSSR count). The van der Waals surface area contributed by atoms with Crippen LogP contribution in [0.25, 0.3) is 0 Å². The number of piperidine rings is 1. The number of carbonyl (C=O) groups excluding carboxylic acids is 2. The van der Waals surface area contributed by atoms with Crippen molar-refractivity contribution in [3.63, 3.8) is 0 Å². The van der Waals surface area contributed by atoms with Crippen molar-refractivity contribution in [1.82, 2.24) is 15.6 Å². The standard InChI is InChI=1S/C20H24N4O3.2ClH/c1-13-3-4-16(24-19(25)14-5-8-22-9-6-14)18(11-13)27-15-7-10-23-17(12-15)20(26)21-2;;/h3-4,7,10-12,14,22H,5-6,8-9H2,1-2H3,(H,21,26)(H,24,25);2*1H. The van der Waals surface area contributed by atoms with Gasteiger partial charge < -0.3 is 20.7 Å². The molecule has 2 amide bonds. The number of hydrogen-bond donors (Lipinski definition) is 3. The molecule has 1 saturated heterocycles. The molecular formula is C20H26Cl2N4O3. The number of halogens is 2. The van der Waals surface area contributed by atoms with E-state index in [9.17, 15) is 9.59 Å². The zero-order valence-corrected chi connectivity index (χ0v) is 18.0. The van der Waals surface area contributed by atoms with Crippen LogP contribution >= 0.6 is 24.8 Å². The van der Waals surface area contributed by atoms with Gasteiger partial charge in [0.25, 0.3) is 5.91 Å². The van der Waals surface area contributed by atoms with Crippen LogP contribution in [0, 0.1) is 12.8 Å². The number of benzene rings is 1. The molecule has 0 radical (unpaired) electrons. The maximum absolute atomic E-state index is 12.6. The smallest absolute Gasteiger partial charge is 0.269 e.